The fourth-order valence-electron chi connectivity index (χ4n) is 1.82. The molecule has 134 valence electrons. The molecule has 0 saturated carbocycles. The lowest BCUT2D eigenvalue weighted by atomic mass is 10.2. The molecule has 2 N–H and O–H groups in total. The highest BCUT2D eigenvalue weighted by atomic mass is 32.2. The normalized spacial score (nSPS) is 12.5. The summed E-state index contributed by atoms with van der Waals surface area (Å²) in [6.07, 6.45) is -0.240. The first kappa shape index (κ1) is 20.1. The van der Waals surface area contributed by atoms with E-state index < -0.39 is 33.5 Å². The SMILES string of the molecule is COCCOCC(=O)N[C@H](CCS(=O)(=O)c1ccccc1)C(=O)O. The lowest BCUT2D eigenvalue weighted by Gasteiger charge is -2.14. The van der Waals surface area contributed by atoms with Gasteiger partial charge in [0.25, 0.3) is 0 Å². The van der Waals surface area contributed by atoms with Crippen LogP contribution in [0.2, 0.25) is 0 Å². The van der Waals surface area contributed by atoms with Crippen molar-refractivity contribution in [3.63, 3.8) is 0 Å². The van der Waals surface area contributed by atoms with Gasteiger partial charge in [-0.05, 0) is 18.6 Å². The maximum atomic E-state index is 12.1. The molecule has 0 aromatic heterocycles. The molecule has 0 unspecified atom stereocenters. The van der Waals surface area contributed by atoms with Crippen LogP contribution in [0.4, 0.5) is 0 Å². The van der Waals surface area contributed by atoms with Crippen molar-refractivity contribution in [3.05, 3.63) is 30.3 Å². The number of methoxy groups -OCH3 is 1. The Kier molecular flexibility index (Phi) is 8.37. The van der Waals surface area contributed by atoms with Crippen LogP contribution in [0, 0.1) is 0 Å². The molecule has 0 aliphatic rings. The number of carbonyl (C=O) groups excluding carboxylic acids is 1. The highest BCUT2D eigenvalue weighted by Gasteiger charge is 2.24. The van der Waals surface area contributed by atoms with Crippen LogP contribution < -0.4 is 5.32 Å². The van der Waals surface area contributed by atoms with Gasteiger partial charge in [-0.3, -0.25) is 4.79 Å². The molecule has 0 radical (unpaired) electrons. The van der Waals surface area contributed by atoms with E-state index in [9.17, 15) is 18.0 Å². The molecule has 8 nitrogen and oxygen atoms in total. The van der Waals surface area contributed by atoms with Gasteiger partial charge in [0.15, 0.2) is 9.84 Å². The summed E-state index contributed by atoms with van der Waals surface area (Å²) < 4.78 is 34.0. The number of hydrogen-bond acceptors (Lipinski definition) is 6. The molecule has 0 aliphatic carbocycles. The fraction of sp³-hybridized carbons (Fsp3) is 0.467. The Hall–Kier alpha value is -1.97. The molecule has 0 heterocycles. The van der Waals surface area contributed by atoms with Crippen molar-refractivity contribution < 1.29 is 32.6 Å². The lowest BCUT2D eigenvalue weighted by Crippen LogP contribution is -2.43. The maximum Gasteiger partial charge on any atom is 0.326 e. The Bertz CT molecular complexity index is 630. The summed E-state index contributed by atoms with van der Waals surface area (Å²) in [5.41, 5.74) is 0. The second-order valence-electron chi connectivity index (χ2n) is 4.92. The van der Waals surface area contributed by atoms with Gasteiger partial charge < -0.3 is 19.9 Å². The zero-order chi connectivity index (χ0) is 18.0. The molecule has 0 saturated heterocycles. The fourth-order valence-corrected chi connectivity index (χ4v) is 3.17. The minimum absolute atomic E-state index is 0.114. The van der Waals surface area contributed by atoms with Gasteiger partial charge >= 0.3 is 5.97 Å². The van der Waals surface area contributed by atoms with Gasteiger partial charge in [0, 0.05) is 7.11 Å². The number of hydrogen-bond donors (Lipinski definition) is 2. The van der Waals surface area contributed by atoms with Crippen molar-refractivity contribution in [1.29, 1.82) is 0 Å². The number of benzene rings is 1. The van der Waals surface area contributed by atoms with E-state index in [0.29, 0.717) is 6.61 Å². The minimum atomic E-state index is -3.61. The molecule has 0 bridgehead atoms. The molecule has 9 heteroatoms. The van der Waals surface area contributed by atoms with Crippen molar-refractivity contribution in [2.75, 3.05) is 32.7 Å². The second-order valence-corrected chi connectivity index (χ2v) is 7.03. The smallest absolute Gasteiger partial charge is 0.326 e. The Labute approximate surface area is 140 Å². The number of carbonyl (C=O) groups is 2. The average molecular weight is 359 g/mol. The predicted octanol–water partition coefficient (Wildman–Crippen LogP) is 0.0828. The van der Waals surface area contributed by atoms with E-state index >= 15 is 0 Å². The van der Waals surface area contributed by atoms with Gasteiger partial charge in [-0.15, -0.1) is 0 Å². The quantitative estimate of drug-likeness (QED) is 0.537. The second kappa shape index (κ2) is 10.0. The molecule has 1 rings (SSSR count). The van der Waals surface area contributed by atoms with Crippen LogP contribution >= 0.6 is 0 Å². The standard InChI is InChI=1S/C15H21NO7S/c1-22-8-9-23-11-14(17)16-13(15(18)19)7-10-24(20,21)12-5-3-2-4-6-12/h2-6,13H,7-11H2,1H3,(H,16,17)(H,18,19)/t13-/m1/s1. The topological polar surface area (TPSA) is 119 Å². The average Bonchev–Trinajstić information content (AvgIpc) is 2.56. The van der Waals surface area contributed by atoms with E-state index in [1.807, 2.05) is 0 Å². The summed E-state index contributed by atoms with van der Waals surface area (Å²) in [4.78, 5) is 22.9. The third-order valence-corrected chi connectivity index (χ3v) is 4.84. The van der Waals surface area contributed by atoms with Gasteiger partial charge in [-0.2, -0.15) is 0 Å². The summed E-state index contributed by atoms with van der Waals surface area (Å²) in [5, 5.41) is 11.4. The van der Waals surface area contributed by atoms with E-state index in [0.717, 1.165) is 0 Å². The summed E-state index contributed by atoms with van der Waals surface area (Å²) in [6, 6.07) is 6.42. The number of aliphatic carboxylic acids is 1. The number of rotatable bonds is 11. The van der Waals surface area contributed by atoms with Crippen LogP contribution in [0.3, 0.4) is 0 Å². The summed E-state index contributed by atoms with van der Waals surface area (Å²) in [6.45, 7) is 0.188. The summed E-state index contributed by atoms with van der Waals surface area (Å²) >= 11 is 0. The van der Waals surface area contributed by atoms with Crippen LogP contribution in [0.1, 0.15) is 6.42 Å². The summed E-state index contributed by atoms with van der Waals surface area (Å²) in [7, 11) is -2.13. The maximum absolute atomic E-state index is 12.1. The Morgan fingerprint density at radius 1 is 1.21 bits per heavy atom. The first-order valence-electron chi connectivity index (χ1n) is 7.23. The predicted molar refractivity (Wildman–Crippen MR) is 85.4 cm³/mol. The molecule has 1 atom stereocenters. The molecule has 1 aromatic rings. The van der Waals surface area contributed by atoms with Crippen molar-refractivity contribution in [3.8, 4) is 0 Å². The highest BCUT2D eigenvalue weighted by Crippen LogP contribution is 2.12. The van der Waals surface area contributed by atoms with Crippen molar-refractivity contribution >= 4 is 21.7 Å². The van der Waals surface area contributed by atoms with Gasteiger partial charge in [-0.25, -0.2) is 13.2 Å². The van der Waals surface area contributed by atoms with E-state index in [4.69, 9.17) is 14.6 Å². The highest BCUT2D eigenvalue weighted by molar-refractivity contribution is 7.91. The van der Waals surface area contributed by atoms with Crippen molar-refractivity contribution in [1.82, 2.24) is 5.32 Å². The van der Waals surface area contributed by atoms with Crippen LogP contribution in [0.5, 0.6) is 0 Å². The molecule has 0 fully saturated rings. The van der Waals surface area contributed by atoms with E-state index in [1.54, 1.807) is 18.2 Å². The number of carboxylic acids is 1. The number of carboxylic acid groups (broad SMARTS) is 1. The Balaban J connectivity index is 2.54. The molecular weight excluding hydrogens is 338 g/mol. The lowest BCUT2D eigenvalue weighted by molar-refractivity contribution is -0.142. The first-order chi connectivity index (χ1) is 11.4. The number of nitrogens with one attached hydrogen (secondary N) is 1. The molecule has 24 heavy (non-hydrogen) atoms. The molecule has 1 aromatic carbocycles. The molecule has 0 aliphatic heterocycles. The first-order valence-corrected chi connectivity index (χ1v) is 8.88. The van der Waals surface area contributed by atoms with Crippen LogP contribution in [0.15, 0.2) is 35.2 Å². The Morgan fingerprint density at radius 2 is 1.88 bits per heavy atom. The summed E-state index contributed by atoms with van der Waals surface area (Å²) in [5.74, 6) is -2.32. The van der Waals surface area contributed by atoms with Crippen LogP contribution in [0.25, 0.3) is 0 Å². The van der Waals surface area contributed by atoms with Gasteiger partial charge in [0.2, 0.25) is 5.91 Å². The Morgan fingerprint density at radius 3 is 2.46 bits per heavy atom. The van der Waals surface area contributed by atoms with Gasteiger partial charge in [-0.1, -0.05) is 18.2 Å². The van der Waals surface area contributed by atoms with Gasteiger partial charge in [0.1, 0.15) is 12.6 Å². The number of amides is 1. The monoisotopic (exact) mass is 359 g/mol. The van der Waals surface area contributed by atoms with E-state index in [2.05, 4.69) is 5.32 Å². The third kappa shape index (κ3) is 7.07. The van der Waals surface area contributed by atoms with E-state index in [1.165, 1.54) is 19.2 Å². The molecule has 1 amide bonds. The van der Waals surface area contributed by atoms with Crippen LogP contribution in [-0.4, -0.2) is 64.1 Å². The van der Waals surface area contributed by atoms with Crippen molar-refractivity contribution in [2.45, 2.75) is 17.4 Å². The zero-order valence-electron chi connectivity index (χ0n) is 13.3. The van der Waals surface area contributed by atoms with E-state index in [-0.39, 0.29) is 24.5 Å². The third-order valence-electron chi connectivity index (χ3n) is 3.08. The van der Waals surface area contributed by atoms with Gasteiger partial charge in [0.05, 0.1) is 23.9 Å². The molecular formula is C15H21NO7S. The largest absolute Gasteiger partial charge is 0.480 e. The van der Waals surface area contributed by atoms with Crippen LogP contribution in [-0.2, 0) is 28.9 Å². The van der Waals surface area contributed by atoms with Crippen molar-refractivity contribution in [2.24, 2.45) is 0 Å². The zero-order valence-corrected chi connectivity index (χ0v) is 14.1. The number of sulfone groups is 1. The molecule has 0 spiro atoms. The minimum Gasteiger partial charge on any atom is -0.480 e. The number of ether oxygens (including phenoxy) is 2.